The molecule has 2 aliphatic rings. The summed E-state index contributed by atoms with van der Waals surface area (Å²) >= 11 is 1.62. The fraction of sp³-hybridized carbons (Fsp3) is 0.647. The van der Waals surface area contributed by atoms with Crippen LogP contribution in [0.3, 0.4) is 0 Å². The maximum Gasteiger partial charge on any atom is 0.239 e. The van der Waals surface area contributed by atoms with Gasteiger partial charge in [0.1, 0.15) is 11.1 Å². The van der Waals surface area contributed by atoms with E-state index in [9.17, 15) is 10.1 Å². The molecule has 0 radical (unpaired) electrons. The van der Waals surface area contributed by atoms with E-state index in [2.05, 4.69) is 23.2 Å². The van der Waals surface area contributed by atoms with Crippen LogP contribution in [-0.2, 0) is 17.6 Å². The second-order valence-electron chi connectivity index (χ2n) is 6.37. The normalized spacial score (nSPS) is 21.4. The maximum absolute atomic E-state index is 12.2. The predicted octanol–water partition coefficient (Wildman–Crippen LogP) is 3.17. The highest BCUT2D eigenvalue weighted by atomic mass is 32.1. The molecule has 4 nitrogen and oxygen atoms in total. The summed E-state index contributed by atoms with van der Waals surface area (Å²) in [5.74, 6) is 0.745. The second-order valence-corrected chi connectivity index (χ2v) is 7.47. The van der Waals surface area contributed by atoms with Crippen LogP contribution in [0.5, 0.6) is 0 Å². The van der Waals surface area contributed by atoms with Crippen molar-refractivity contribution in [1.29, 1.82) is 5.26 Å². The second kappa shape index (κ2) is 6.80. The average molecular weight is 317 g/mol. The first kappa shape index (κ1) is 15.5. The highest BCUT2D eigenvalue weighted by Gasteiger charge is 2.26. The first-order valence-corrected chi connectivity index (χ1v) is 9.09. The van der Waals surface area contributed by atoms with E-state index in [4.69, 9.17) is 0 Å². The monoisotopic (exact) mass is 317 g/mol. The third-order valence-electron chi connectivity index (χ3n) is 4.88. The van der Waals surface area contributed by atoms with E-state index in [1.807, 2.05) is 0 Å². The molecular weight excluding hydrogens is 294 g/mol. The Bertz CT molecular complexity index is 596. The van der Waals surface area contributed by atoms with Crippen LogP contribution in [0.1, 0.15) is 48.6 Å². The third kappa shape index (κ3) is 3.18. The van der Waals surface area contributed by atoms with Crippen molar-refractivity contribution in [3.63, 3.8) is 0 Å². The Morgan fingerprint density at radius 1 is 1.45 bits per heavy atom. The van der Waals surface area contributed by atoms with Crippen molar-refractivity contribution >= 4 is 22.2 Å². The third-order valence-corrected chi connectivity index (χ3v) is 6.05. The van der Waals surface area contributed by atoms with E-state index >= 15 is 0 Å². The molecule has 1 aromatic heterocycles. The van der Waals surface area contributed by atoms with Gasteiger partial charge in [0, 0.05) is 4.88 Å². The van der Waals surface area contributed by atoms with Crippen molar-refractivity contribution < 1.29 is 4.79 Å². The van der Waals surface area contributed by atoms with Gasteiger partial charge in [0.2, 0.25) is 5.91 Å². The quantitative estimate of drug-likeness (QED) is 0.928. The van der Waals surface area contributed by atoms with Crippen LogP contribution in [0.15, 0.2) is 0 Å². The molecule has 2 heterocycles. The standard InChI is InChI=1S/C17H23N3OS/c1-2-12-5-6-13-14(10-18)17(22-15(13)9-12)19-16(21)11-20-7-3-4-8-20/h12H,2-9,11H2,1H3,(H,19,21). The summed E-state index contributed by atoms with van der Waals surface area (Å²) in [5.41, 5.74) is 1.90. The molecule has 0 saturated carbocycles. The number of nitriles is 1. The van der Waals surface area contributed by atoms with Crippen LogP contribution in [-0.4, -0.2) is 30.4 Å². The SMILES string of the molecule is CCC1CCc2c(sc(NC(=O)CN3CCCC3)c2C#N)C1. The summed E-state index contributed by atoms with van der Waals surface area (Å²) in [7, 11) is 0. The van der Waals surface area contributed by atoms with E-state index in [1.165, 1.54) is 29.7 Å². The lowest BCUT2D eigenvalue weighted by Gasteiger charge is -2.20. The minimum Gasteiger partial charge on any atom is -0.315 e. The van der Waals surface area contributed by atoms with Gasteiger partial charge < -0.3 is 5.32 Å². The number of likely N-dealkylation sites (tertiary alicyclic amines) is 1. The van der Waals surface area contributed by atoms with Crippen LogP contribution in [0.2, 0.25) is 0 Å². The zero-order valence-electron chi connectivity index (χ0n) is 13.2. The molecule has 1 amide bonds. The molecule has 1 aliphatic heterocycles. The summed E-state index contributed by atoms with van der Waals surface area (Å²) in [6.45, 7) is 4.70. The smallest absolute Gasteiger partial charge is 0.239 e. The van der Waals surface area contributed by atoms with Gasteiger partial charge in [0.05, 0.1) is 12.1 Å². The van der Waals surface area contributed by atoms with Gasteiger partial charge in [-0.1, -0.05) is 13.3 Å². The minimum absolute atomic E-state index is 0.0176. The van der Waals surface area contributed by atoms with Gasteiger partial charge in [-0.05, 0) is 56.7 Å². The number of fused-ring (bicyclic) bond motifs is 1. The Hall–Kier alpha value is -1.38. The molecule has 1 fully saturated rings. The molecule has 0 aromatic carbocycles. The summed E-state index contributed by atoms with van der Waals surface area (Å²) < 4.78 is 0. The molecule has 5 heteroatoms. The average Bonchev–Trinajstić information content (AvgIpc) is 3.13. The highest BCUT2D eigenvalue weighted by molar-refractivity contribution is 7.16. The molecule has 1 N–H and O–H groups in total. The summed E-state index contributed by atoms with van der Waals surface area (Å²) in [6, 6.07) is 2.32. The minimum atomic E-state index is 0.0176. The number of nitrogens with zero attached hydrogens (tertiary/aromatic N) is 2. The number of thiophene rings is 1. The van der Waals surface area contributed by atoms with E-state index in [-0.39, 0.29) is 5.91 Å². The molecule has 1 aliphatic carbocycles. The Kier molecular flexibility index (Phi) is 4.80. The van der Waals surface area contributed by atoms with Crippen molar-refractivity contribution in [2.45, 2.75) is 45.4 Å². The van der Waals surface area contributed by atoms with Crippen molar-refractivity contribution in [3.05, 3.63) is 16.0 Å². The van der Waals surface area contributed by atoms with Gasteiger partial charge in [-0.3, -0.25) is 9.69 Å². The predicted molar refractivity (Wildman–Crippen MR) is 89.1 cm³/mol. The van der Waals surface area contributed by atoms with Crippen molar-refractivity contribution in [2.75, 3.05) is 25.0 Å². The maximum atomic E-state index is 12.2. The van der Waals surface area contributed by atoms with Gasteiger partial charge in [0.25, 0.3) is 0 Å². The van der Waals surface area contributed by atoms with Crippen LogP contribution < -0.4 is 5.32 Å². The zero-order chi connectivity index (χ0) is 15.5. The van der Waals surface area contributed by atoms with Crippen LogP contribution >= 0.6 is 11.3 Å². The topological polar surface area (TPSA) is 56.1 Å². The van der Waals surface area contributed by atoms with E-state index < -0.39 is 0 Å². The summed E-state index contributed by atoms with van der Waals surface area (Å²) in [5, 5.41) is 13.2. The number of anilines is 1. The van der Waals surface area contributed by atoms with Crippen molar-refractivity contribution in [2.24, 2.45) is 5.92 Å². The number of hydrogen-bond donors (Lipinski definition) is 1. The molecule has 118 valence electrons. The fourth-order valence-electron chi connectivity index (χ4n) is 3.52. The first-order chi connectivity index (χ1) is 10.7. The lowest BCUT2D eigenvalue weighted by molar-refractivity contribution is -0.117. The molecule has 3 rings (SSSR count). The molecular formula is C17H23N3OS. The Morgan fingerprint density at radius 2 is 2.23 bits per heavy atom. The van der Waals surface area contributed by atoms with Crippen LogP contribution in [0.4, 0.5) is 5.00 Å². The number of nitrogens with one attached hydrogen (secondary N) is 1. The molecule has 1 saturated heterocycles. The summed E-state index contributed by atoms with van der Waals surface area (Å²) in [6.07, 6.45) is 6.76. The van der Waals surface area contributed by atoms with Crippen LogP contribution in [0, 0.1) is 17.2 Å². The van der Waals surface area contributed by atoms with Crippen LogP contribution in [0.25, 0.3) is 0 Å². The number of carbonyl (C=O) groups is 1. The number of rotatable bonds is 4. The Balaban J connectivity index is 1.72. The highest BCUT2D eigenvalue weighted by Crippen LogP contribution is 2.39. The number of carbonyl (C=O) groups excluding carboxylic acids is 1. The van der Waals surface area contributed by atoms with E-state index in [1.54, 1.807) is 11.3 Å². The van der Waals surface area contributed by atoms with Gasteiger partial charge >= 0.3 is 0 Å². The summed E-state index contributed by atoms with van der Waals surface area (Å²) in [4.78, 5) is 15.7. The van der Waals surface area contributed by atoms with Crippen molar-refractivity contribution in [3.8, 4) is 6.07 Å². The first-order valence-electron chi connectivity index (χ1n) is 8.28. The molecule has 1 atom stereocenters. The Labute approximate surface area is 136 Å². The molecule has 1 aromatic rings. The van der Waals surface area contributed by atoms with Gasteiger partial charge in [-0.25, -0.2) is 0 Å². The van der Waals surface area contributed by atoms with E-state index in [0.717, 1.165) is 43.3 Å². The van der Waals surface area contributed by atoms with Gasteiger partial charge in [-0.2, -0.15) is 5.26 Å². The van der Waals surface area contributed by atoms with Crippen molar-refractivity contribution in [1.82, 2.24) is 4.90 Å². The molecule has 0 bridgehead atoms. The molecule has 0 spiro atoms. The number of hydrogen-bond acceptors (Lipinski definition) is 4. The lowest BCUT2D eigenvalue weighted by atomic mass is 9.86. The number of amides is 1. The Morgan fingerprint density at radius 3 is 2.91 bits per heavy atom. The van der Waals surface area contributed by atoms with Gasteiger partial charge in [-0.15, -0.1) is 11.3 Å². The molecule has 1 unspecified atom stereocenters. The molecule has 22 heavy (non-hydrogen) atoms. The zero-order valence-corrected chi connectivity index (χ0v) is 14.0. The largest absolute Gasteiger partial charge is 0.315 e. The lowest BCUT2D eigenvalue weighted by Crippen LogP contribution is -2.30. The van der Waals surface area contributed by atoms with E-state index in [0.29, 0.717) is 12.1 Å². The van der Waals surface area contributed by atoms with Gasteiger partial charge in [0.15, 0.2) is 0 Å². The fourth-order valence-corrected chi connectivity index (χ4v) is 4.85.